The van der Waals surface area contributed by atoms with E-state index in [0.29, 0.717) is 24.2 Å². The number of esters is 1. The number of imide groups is 1. The van der Waals surface area contributed by atoms with E-state index in [-0.39, 0.29) is 18.9 Å². The molecule has 1 aliphatic heterocycles. The third kappa shape index (κ3) is 4.17. The number of anilines is 1. The molecule has 3 rings (SSSR count). The summed E-state index contributed by atoms with van der Waals surface area (Å²) in [6, 6.07) is -0.469. The highest BCUT2D eigenvalue weighted by Crippen LogP contribution is 2.33. The van der Waals surface area contributed by atoms with Gasteiger partial charge >= 0.3 is 12.0 Å². The van der Waals surface area contributed by atoms with Crippen LogP contribution in [0.3, 0.4) is 0 Å². The van der Waals surface area contributed by atoms with Crippen molar-refractivity contribution in [3.05, 3.63) is 11.4 Å². The van der Waals surface area contributed by atoms with Crippen LogP contribution in [-0.4, -0.2) is 56.7 Å². The van der Waals surface area contributed by atoms with Gasteiger partial charge in [0, 0.05) is 13.6 Å². The third-order valence-electron chi connectivity index (χ3n) is 5.93. The molecule has 2 heterocycles. The van der Waals surface area contributed by atoms with Crippen molar-refractivity contribution < 1.29 is 23.9 Å². The summed E-state index contributed by atoms with van der Waals surface area (Å²) >= 11 is 0. The van der Waals surface area contributed by atoms with Crippen molar-refractivity contribution in [3.63, 3.8) is 0 Å². The minimum absolute atomic E-state index is 0.0690. The van der Waals surface area contributed by atoms with Crippen LogP contribution in [0.2, 0.25) is 0 Å². The van der Waals surface area contributed by atoms with E-state index < -0.39 is 29.6 Å². The average Bonchev–Trinajstić information content (AvgIpc) is 3.07. The summed E-state index contributed by atoms with van der Waals surface area (Å²) in [5, 5.41) is 9.76. The van der Waals surface area contributed by atoms with Crippen molar-refractivity contribution in [2.24, 2.45) is 7.05 Å². The zero-order valence-electron chi connectivity index (χ0n) is 17.9. The summed E-state index contributed by atoms with van der Waals surface area (Å²) in [4.78, 5) is 50.6. The maximum absolute atomic E-state index is 12.7. The highest BCUT2D eigenvalue weighted by atomic mass is 16.5. The van der Waals surface area contributed by atoms with E-state index in [1.165, 1.54) is 6.92 Å². The van der Waals surface area contributed by atoms with Gasteiger partial charge in [0.05, 0.1) is 23.5 Å². The number of nitrogens with one attached hydrogen (secondary N) is 2. The van der Waals surface area contributed by atoms with E-state index in [9.17, 15) is 19.2 Å². The number of amides is 4. The van der Waals surface area contributed by atoms with Crippen molar-refractivity contribution in [2.45, 2.75) is 70.9 Å². The zero-order chi connectivity index (χ0) is 22.1. The fraction of sp³-hybridized carbons (Fsp3) is 0.650. The Labute approximate surface area is 175 Å². The Morgan fingerprint density at radius 3 is 2.50 bits per heavy atom. The number of hydrogen-bond acceptors (Lipinski definition) is 6. The molecular weight excluding hydrogens is 390 g/mol. The van der Waals surface area contributed by atoms with E-state index >= 15 is 0 Å². The smallest absolute Gasteiger partial charge is 0.325 e. The Bertz CT molecular complexity index is 871. The third-order valence-corrected chi connectivity index (χ3v) is 5.93. The van der Waals surface area contributed by atoms with Gasteiger partial charge in [0.25, 0.3) is 11.8 Å². The fourth-order valence-electron chi connectivity index (χ4n) is 4.07. The lowest BCUT2D eigenvalue weighted by atomic mass is 9.82. The first kappa shape index (κ1) is 21.8. The zero-order valence-corrected chi connectivity index (χ0v) is 17.9. The monoisotopic (exact) mass is 419 g/mol. The molecule has 2 fully saturated rings. The van der Waals surface area contributed by atoms with Gasteiger partial charge in [-0.1, -0.05) is 19.3 Å². The van der Waals surface area contributed by atoms with Crippen LogP contribution in [0.5, 0.6) is 0 Å². The first-order valence-corrected chi connectivity index (χ1v) is 10.3. The standard InChI is InChI=1S/C20H29N5O5/c1-12-16(13(2)24(4)23-12)21-17(27)14(3)30-15(26)8-11-25-18(28)20(22-19(25)29)9-6-5-7-10-20/h14H,5-11H2,1-4H3,(H,21,27)(H,22,29). The van der Waals surface area contributed by atoms with Gasteiger partial charge in [0.2, 0.25) is 0 Å². The van der Waals surface area contributed by atoms with Crippen LogP contribution >= 0.6 is 0 Å². The van der Waals surface area contributed by atoms with Crippen LogP contribution in [0.25, 0.3) is 0 Å². The molecule has 10 heteroatoms. The molecular formula is C20H29N5O5. The van der Waals surface area contributed by atoms with E-state index in [2.05, 4.69) is 15.7 Å². The van der Waals surface area contributed by atoms with Crippen molar-refractivity contribution in [1.29, 1.82) is 0 Å². The predicted octanol–water partition coefficient (Wildman–Crippen LogP) is 1.55. The lowest BCUT2D eigenvalue weighted by molar-refractivity contribution is -0.153. The van der Waals surface area contributed by atoms with Crippen molar-refractivity contribution in [3.8, 4) is 0 Å². The van der Waals surface area contributed by atoms with Gasteiger partial charge in [-0.25, -0.2) is 4.79 Å². The molecule has 1 spiro atoms. The van der Waals surface area contributed by atoms with Crippen LogP contribution in [0.15, 0.2) is 0 Å². The maximum atomic E-state index is 12.7. The normalized spacial score (nSPS) is 19.0. The molecule has 164 valence electrons. The minimum atomic E-state index is -1.02. The Morgan fingerprint density at radius 1 is 1.23 bits per heavy atom. The molecule has 1 aliphatic carbocycles. The predicted molar refractivity (Wildman–Crippen MR) is 108 cm³/mol. The van der Waals surface area contributed by atoms with Crippen LogP contribution in [0.1, 0.15) is 56.8 Å². The molecule has 1 saturated heterocycles. The Kier molecular flexibility index (Phi) is 6.14. The number of aryl methyl sites for hydroxylation is 2. The fourth-order valence-corrected chi connectivity index (χ4v) is 4.07. The number of urea groups is 1. The first-order valence-electron chi connectivity index (χ1n) is 10.3. The first-order chi connectivity index (χ1) is 14.1. The summed E-state index contributed by atoms with van der Waals surface area (Å²) in [6.45, 7) is 5.00. The van der Waals surface area contributed by atoms with Crippen molar-refractivity contribution in [1.82, 2.24) is 20.0 Å². The summed E-state index contributed by atoms with van der Waals surface area (Å²) in [6.07, 6.45) is 2.90. The Morgan fingerprint density at radius 2 is 1.90 bits per heavy atom. The lowest BCUT2D eigenvalue weighted by Crippen LogP contribution is -2.48. The molecule has 1 atom stereocenters. The molecule has 30 heavy (non-hydrogen) atoms. The molecule has 0 radical (unpaired) electrons. The number of aromatic nitrogens is 2. The van der Waals surface area contributed by atoms with Gasteiger partial charge in [-0.15, -0.1) is 0 Å². The number of ether oxygens (including phenoxy) is 1. The van der Waals surface area contributed by atoms with Crippen molar-refractivity contribution in [2.75, 3.05) is 11.9 Å². The molecule has 4 amide bonds. The molecule has 1 saturated carbocycles. The molecule has 1 aromatic rings. The molecule has 10 nitrogen and oxygen atoms in total. The number of nitrogens with zero attached hydrogens (tertiary/aromatic N) is 3. The second-order valence-corrected chi connectivity index (χ2v) is 8.07. The largest absolute Gasteiger partial charge is 0.452 e. The van der Waals surface area contributed by atoms with Gasteiger partial charge in [0.1, 0.15) is 5.54 Å². The van der Waals surface area contributed by atoms with Crippen LogP contribution in [0.4, 0.5) is 10.5 Å². The van der Waals surface area contributed by atoms with Gasteiger partial charge in [-0.05, 0) is 33.6 Å². The van der Waals surface area contributed by atoms with Gasteiger partial charge in [-0.2, -0.15) is 5.10 Å². The average molecular weight is 419 g/mol. The van der Waals surface area contributed by atoms with Crippen LogP contribution in [0, 0.1) is 13.8 Å². The Balaban J connectivity index is 1.51. The number of hydrogen-bond donors (Lipinski definition) is 2. The topological polar surface area (TPSA) is 123 Å². The van der Waals surface area contributed by atoms with Gasteiger partial charge in [-0.3, -0.25) is 24.0 Å². The molecule has 1 aromatic heterocycles. The molecule has 0 bridgehead atoms. The van der Waals surface area contributed by atoms with E-state index in [1.807, 2.05) is 6.92 Å². The van der Waals surface area contributed by atoms with Crippen LogP contribution < -0.4 is 10.6 Å². The highest BCUT2D eigenvalue weighted by molar-refractivity contribution is 6.07. The summed E-state index contributed by atoms with van der Waals surface area (Å²) in [7, 11) is 1.77. The molecule has 2 N–H and O–H groups in total. The number of rotatable bonds is 6. The molecule has 1 unspecified atom stereocenters. The Hall–Kier alpha value is -2.91. The molecule has 2 aliphatic rings. The maximum Gasteiger partial charge on any atom is 0.325 e. The SMILES string of the molecule is Cc1nn(C)c(C)c1NC(=O)C(C)OC(=O)CCN1C(=O)NC2(CCCCC2)C1=O. The lowest BCUT2D eigenvalue weighted by Gasteiger charge is -2.30. The van der Waals surface area contributed by atoms with E-state index in [1.54, 1.807) is 18.7 Å². The number of carbonyl (C=O) groups excluding carboxylic acids is 4. The van der Waals surface area contributed by atoms with Crippen LogP contribution in [-0.2, 0) is 26.2 Å². The van der Waals surface area contributed by atoms with Gasteiger partial charge < -0.3 is 15.4 Å². The second kappa shape index (κ2) is 8.45. The van der Waals surface area contributed by atoms with E-state index in [4.69, 9.17) is 4.74 Å². The van der Waals surface area contributed by atoms with Crippen molar-refractivity contribution >= 4 is 29.5 Å². The quantitative estimate of drug-likeness (QED) is 0.533. The number of carbonyl (C=O) groups is 4. The second-order valence-electron chi connectivity index (χ2n) is 8.07. The minimum Gasteiger partial charge on any atom is -0.452 e. The summed E-state index contributed by atoms with van der Waals surface area (Å²) < 4.78 is 6.84. The van der Waals surface area contributed by atoms with E-state index in [0.717, 1.165) is 29.9 Å². The highest BCUT2D eigenvalue weighted by Gasteiger charge is 2.51. The van der Waals surface area contributed by atoms with Gasteiger partial charge in [0.15, 0.2) is 6.10 Å². The summed E-state index contributed by atoms with van der Waals surface area (Å²) in [5.41, 5.74) is 1.22. The molecule has 0 aromatic carbocycles. The summed E-state index contributed by atoms with van der Waals surface area (Å²) in [5.74, 6) is -1.39.